The predicted molar refractivity (Wildman–Crippen MR) is 38.6 cm³/mol. The van der Waals surface area contributed by atoms with Gasteiger partial charge in [-0.15, -0.1) is 0 Å². The second kappa shape index (κ2) is 3.03. The van der Waals surface area contributed by atoms with Gasteiger partial charge in [0, 0.05) is 0 Å². The minimum absolute atomic E-state index is 0.626. The molecule has 0 aliphatic heterocycles. The number of hydrogen-bond acceptors (Lipinski definition) is 4. The summed E-state index contributed by atoms with van der Waals surface area (Å²) in [7, 11) is 1.59. The number of methoxy groups -OCH3 is 1. The highest BCUT2D eigenvalue weighted by molar-refractivity contribution is 5.35. The van der Waals surface area contributed by atoms with Crippen molar-refractivity contribution in [1.29, 1.82) is 0 Å². The molecular formula is C6H9N3O. The van der Waals surface area contributed by atoms with Crippen molar-refractivity contribution in [2.24, 2.45) is 5.84 Å². The molecule has 0 atom stereocenters. The van der Waals surface area contributed by atoms with Crippen molar-refractivity contribution in [3.63, 3.8) is 0 Å². The summed E-state index contributed by atoms with van der Waals surface area (Å²) < 4.78 is 4.88. The van der Waals surface area contributed by atoms with Crippen LogP contribution >= 0.6 is 0 Å². The molecule has 10 heavy (non-hydrogen) atoms. The maximum atomic E-state index is 5.09. The summed E-state index contributed by atoms with van der Waals surface area (Å²) in [5.74, 6) is 6.44. The van der Waals surface area contributed by atoms with Gasteiger partial charge >= 0.3 is 0 Å². The Labute approximate surface area is 59.0 Å². The fourth-order valence-corrected chi connectivity index (χ4v) is 0.586. The third-order valence-electron chi connectivity index (χ3n) is 1.12. The van der Waals surface area contributed by atoms with E-state index in [0.29, 0.717) is 5.82 Å². The highest BCUT2D eigenvalue weighted by Gasteiger charge is 1.90. The van der Waals surface area contributed by atoms with Crippen LogP contribution < -0.4 is 16.0 Å². The van der Waals surface area contributed by atoms with Crippen molar-refractivity contribution in [1.82, 2.24) is 4.98 Å². The van der Waals surface area contributed by atoms with Gasteiger partial charge in [0.15, 0.2) is 0 Å². The number of nitrogens with zero attached hydrogens (tertiary/aromatic N) is 1. The van der Waals surface area contributed by atoms with Gasteiger partial charge < -0.3 is 10.2 Å². The number of ether oxygens (including phenoxy) is 1. The molecule has 0 saturated carbocycles. The van der Waals surface area contributed by atoms with E-state index in [2.05, 4.69) is 10.4 Å². The minimum atomic E-state index is 0.626. The molecule has 3 N–H and O–H groups in total. The standard InChI is InChI=1S/C6H9N3O/c1-10-5-2-3-6(9-7)8-4-5/h2-4H,7H2,1H3,(H,8,9). The first-order chi connectivity index (χ1) is 4.86. The van der Waals surface area contributed by atoms with Crippen LogP contribution in [-0.4, -0.2) is 12.1 Å². The second-order valence-electron chi connectivity index (χ2n) is 1.73. The largest absolute Gasteiger partial charge is 0.495 e. The highest BCUT2D eigenvalue weighted by Crippen LogP contribution is 2.09. The first-order valence-electron chi connectivity index (χ1n) is 2.83. The van der Waals surface area contributed by atoms with Gasteiger partial charge in [-0.1, -0.05) is 0 Å². The molecular weight excluding hydrogens is 130 g/mol. The van der Waals surface area contributed by atoms with Crippen molar-refractivity contribution >= 4 is 5.82 Å². The van der Waals surface area contributed by atoms with Crippen LogP contribution in [0, 0.1) is 0 Å². The fraction of sp³-hybridized carbons (Fsp3) is 0.167. The molecule has 4 heteroatoms. The van der Waals surface area contributed by atoms with Gasteiger partial charge in [-0.2, -0.15) is 0 Å². The molecule has 0 unspecified atom stereocenters. The summed E-state index contributed by atoms with van der Waals surface area (Å²) >= 11 is 0. The summed E-state index contributed by atoms with van der Waals surface area (Å²) in [6.07, 6.45) is 1.59. The Morgan fingerprint density at radius 2 is 2.40 bits per heavy atom. The molecule has 0 aromatic carbocycles. The average Bonchev–Trinajstić information content (AvgIpc) is 2.05. The molecule has 1 aromatic rings. The van der Waals surface area contributed by atoms with Crippen LogP contribution in [0.5, 0.6) is 5.75 Å². The van der Waals surface area contributed by atoms with Crippen molar-refractivity contribution in [2.75, 3.05) is 12.5 Å². The molecule has 0 saturated heterocycles. The first-order valence-corrected chi connectivity index (χ1v) is 2.83. The van der Waals surface area contributed by atoms with E-state index in [1.807, 2.05) is 0 Å². The Balaban J connectivity index is 2.80. The van der Waals surface area contributed by atoms with E-state index in [1.54, 1.807) is 25.4 Å². The van der Waals surface area contributed by atoms with Crippen LogP contribution in [0.1, 0.15) is 0 Å². The van der Waals surface area contributed by atoms with Crippen LogP contribution in [0.4, 0.5) is 5.82 Å². The molecule has 0 aliphatic carbocycles. The molecule has 0 radical (unpaired) electrons. The average molecular weight is 139 g/mol. The van der Waals surface area contributed by atoms with Crippen LogP contribution in [0.2, 0.25) is 0 Å². The molecule has 54 valence electrons. The molecule has 0 aliphatic rings. The smallest absolute Gasteiger partial charge is 0.140 e. The molecule has 0 amide bonds. The normalized spacial score (nSPS) is 9.00. The van der Waals surface area contributed by atoms with Crippen LogP contribution in [-0.2, 0) is 0 Å². The number of anilines is 1. The summed E-state index contributed by atoms with van der Waals surface area (Å²) in [5, 5.41) is 0. The summed E-state index contributed by atoms with van der Waals surface area (Å²) in [6.45, 7) is 0. The zero-order valence-corrected chi connectivity index (χ0v) is 5.66. The Morgan fingerprint density at radius 3 is 2.80 bits per heavy atom. The van der Waals surface area contributed by atoms with Gasteiger partial charge in [0.1, 0.15) is 11.6 Å². The van der Waals surface area contributed by atoms with Gasteiger partial charge in [-0.05, 0) is 12.1 Å². The highest BCUT2D eigenvalue weighted by atomic mass is 16.5. The van der Waals surface area contributed by atoms with E-state index >= 15 is 0 Å². The van der Waals surface area contributed by atoms with Crippen molar-refractivity contribution in [3.8, 4) is 5.75 Å². The number of pyridine rings is 1. The van der Waals surface area contributed by atoms with Crippen LogP contribution in [0.25, 0.3) is 0 Å². The first kappa shape index (κ1) is 6.82. The third-order valence-corrected chi connectivity index (χ3v) is 1.12. The number of hydrogen-bond donors (Lipinski definition) is 2. The lowest BCUT2D eigenvalue weighted by Crippen LogP contribution is -2.07. The van der Waals surface area contributed by atoms with E-state index < -0.39 is 0 Å². The Hall–Kier alpha value is -1.29. The number of hydrazine groups is 1. The van der Waals surface area contributed by atoms with E-state index in [9.17, 15) is 0 Å². The molecule has 1 rings (SSSR count). The van der Waals surface area contributed by atoms with Crippen molar-refractivity contribution < 1.29 is 4.74 Å². The number of nitrogen functional groups attached to an aromatic ring is 1. The molecule has 0 fully saturated rings. The monoisotopic (exact) mass is 139 g/mol. The quantitative estimate of drug-likeness (QED) is 0.459. The lowest BCUT2D eigenvalue weighted by Gasteiger charge is -1.99. The number of nitrogens with two attached hydrogens (primary N) is 1. The lowest BCUT2D eigenvalue weighted by molar-refractivity contribution is 0.413. The van der Waals surface area contributed by atoms with Gasteiger partial charge in [-0.25, -0.2) is 10.8 Å². The molecule has 0 bridgehead atoms. The maximum Gasteiger partial charge on any atom is 0.140 e. The van der Waals surface area contributed by atoms with E-state index in [1.165, 1.54) is 0 Å². The van der Waals surface area contributed by atoms with Gasteiger partial charge in [0.05, 0.1) is 13.3 Å². The molecule has 1 heterocycles. The van der Waals surface area contributed by atoms with E-state index in [0.717, 1.165) is 5.75 Å². The summed E-state index contributed by atoms with van der Waals surface area (Å²) in [4.78, 5) is 3.91. The Morgan fingerprint density at radius 1 is 1.60 bits per heavy atom. The zero-order chi connectivity index (χ0) is 7.40. The molecule has 4 nitrogen and oxygen atoms in total. The second-order valence-corrected chi connectivity index (χ2v) is 1.73. The summed E-state index contributed by atoms with van der Waals surface area (Å²) in [6, 6.07) is 3.51. The van der Waals surface area contributed by atoms with Crippen LogP contribution in [0.15, 0.2) is 18.3 Å². The van der Waals surface area contributed by atoms with Crippen molar-refractivity contribution in [3.05, 3.63) is 18.3 Å². The predicted octanol–water partition coefficient (Wildman–Crippen LogP) is 0.376. The number of rotatable bonds is 2. The lowest BCUT2D eigenvalue weighted by atomic mass is 10.4. The van der Waals surface area contributed by atoms with Gasteiger partial charge in [-0.3, -0.25) is 0 Å². The number of nitrogens with one attached hydrogen (secondary N) is 1. The topological polar surface area (TPSA) is 60.2 Å². The van der Waals surface area contributed by atoms with Gasteiger partial charge in [0.25, 0.3) is 0 Å². The maximum absolute atomic E-state index is 5.09. The van der Waals surface area contributed by atoms with Crippen molar-refractivity contribution in [2.45, 2.75) is 0 Å². The molecule has 1 aromatic heterocycles. The molecule has 0 spiro atoms. The minimum Gasteiger partial charge on any atom is -0.495 e. The van der Waals surface area contributed by atoms with Crippen LogP contribution in [0.3, 0.4) is 0 Å². The Kier molecular flexibility index (Phi) is 2.07. The van der Waals surface area contributed by atoms with Gasteiger partial charge in [0.2, 0.25) is 0 Å². The van der Waals surface area contributed by atoms with E-state index in [-0.39, 0.29) is 0 Å². The Bertz CT molecular complexity index is 174. The SMILES string of the molecule is COc1ccc(NN)nc1. The fourth-order valence-electron chi connectivity index (χ4n) is 0.586. The zero-order valence-electron chi connectivity index (χ0n) is 5.66. The van der Waals surface area contributed by atoms with E-state index in [4.69, 9.17) is 10.6 Å². The third kappa shape index (κ3) is 1.35. The summed E-state index contributed by atoms with van der Waals surface area (Å²) in [5.41, 5.74) is 2.41. The number of aromatic nitrogens is 1.